The minimum Gasteiger partial charge on any atom is -0.385 e. The van der Waals surface area contributed by atoms with Crippen molar-refractivity contribution < 1.29 is 14.0 Å². The first-order valence-corrected chi connectivity index (χ1v) is 10.7. The van der Waals surface area contributed by atoms with Crippen LogP contribution in [0, 0.1) is 19.7 Å². The van der Waals surface area contributed by atoms with Crippen molar-refractivity contribution in [2.75, 3.05) is 0 Å². The molecule has 0 aliphatic carbocycles. The first-order chi connectivity index (χ1) is 15.3. The standard InChI is InChI=1S/C26H26FN3O2/c1-15(2)29-26(31)20-12-18(21-8-7-16(3)10-22(21)27)11-19(13-20)23-14-24(32-30-23)25-17(4)6-5-9-28-25/h5-13,15,24H,14H2,1-4H3,(H,29,31). The quantitative estimate of drug-likeness (QED) is 0.579. The molecule has 2 heterocycles. The van der Waals surface area contributed by atoms with Crippen LogP contribution in [0.1, 0.15) is 59.1 Å². The van der Waals surface area contributed by atoms with Crippen molar-refractivity contribution >= 4 is 11.6 Å². The summed E-state index contributed by atoms with van der Waals surface area (Å²) in [7, 11) is 0. The lowest BCUT2D eigenvalue weighted by atomic mass is 9.94. The maximum Gasteiger partial charge on any atom is 0.251 e. The van der Waals surface area contributed by atoms with Crippen molar-refractivity contribution in [1.82, 2.24) is 10.3 Å². The molecule has 1 amide bonds. The Labute approximate surface area is 187 Å². The van der Waals surface area contributed by atoms with Gasteiger partial charge in [-0.15, -0.1) is 0 Å². The van der Waals surface area contributed by atoms with Gasteiger partial charge in [0.1, 0.15) is 5.82 Å². The fourth-order valence-corrected chi connectivity index (χ4v) is 3.81. The summed E-state index contributed by atoms with van der Waals surface area (Å²) in [6.45, 7) is 7.63. The van der Waals surface area contributed by atoms with Crippen LogP contribution >= 0.6 is 0 Å². The third-order valence-electron chi connectivity index (χ3n) is 5.41. The van der Waals surface area contributed by atoms with Gasteiger partial charge in [0.15, 0.2) is 6.10 Å². The van der Waals surface area contributed by atoms with Crippen LogP contribution in [0.4, 0.5) is 4.39 Å². The van der Waals surface area contributed by atoms with E-state index in [4.69, 9.17) is 4.84 Å². The van der Waals surface area contributed by atoms with Gasteiger partial charge < -0.3 is 10.2 Å². The molecule has 5 nitrogen and oxygen atoms in total. The Morgan fingerprint density at radius 3 is 2.62 bits per heavy atom. The predicted octanol–water partition coefficient (Wildman–Crippen LogP) is 5.51. The second kappa shape index (κ2) is 8.91. The van der Waals surface area contributed by atoms with E-state index in [2.05, 4.69) is 15.5 Å². The van der Waals surface area contributed by atoms with E-state index in [1.54, 1.807) is 24.4 Å². The summed E-state index contributed by atoms with van der Waals surface area (Å²) in [4.78, 5) is 22.9. The highest BCUT2D eigenvalue weighted by atomic mass is 19.1. The van der Waals surface area contributed by atoms with Gasteiger partial charge in [0.05, 0.1) is 11.4 Å². The van der Waals surface area contributed by atoms with E-state index in [0.717, 1.165) is 22.4 Å². The summed E-state index contributed by atoms with van der Waals surface area (Å²) in [6, 6.07) is 14.3. The van der Waals surface area contributed by atoms with Crippen molar-refractivity contribution in [2.45, 2.75) is 46.3 Å². The number of aromatic nitrogens is 1. The molecule has 164 valence electrons. The molecule has 0 fully saturated rings. The normalized spacial score (nSPS) is 15.4. The van der Waals surface area contributed by atoms with Gasteiger partial charge in [-0.2, -0.15) is 0 Å². The molecule has 0 saturated carbocycles. The van der Waals surface area contributed by atoms with E-state index in [9.17, 15) is 9.18 Å². The van der Waals surface area contributed by atoms with Crippen LogP contribution in [0.5, 0.6) is 0 Å². The molecule has 1 aliphatic rings. The highest BCUT2D eigenvalue weighted by molar-refractivity contribution is 6.05. The fraction of sp³-hybridized carbons (Fsp3) is 0.269. The third kappa shape index (κ3) is 4.54. The number of halogens is 1. The van der Waals surface area contributed by atoms with Crippen molar-refractivity contribution in [3.63, 3.8) is 0 Å². The summed E-state index contributed by atoms with van der Waals surface area (Å²) < 4.78 is 14.8. The average Bonchev–Trinajstić information content (AvgIpc) is 3.23. The summed E-state index contributed by atoms with van der Waals surface area (Å²) in [6.07, 6.45) is 1.96. The number of nitrogens with zero attached hydrogens (tertiary/aromatic N) is 2. The molecule has 2 aromatic carbocycles. The molecule has 0 spiro atoms. The van der Waals surface area contributed by atoms with Gasteiger partial charge in [0.25, 0.3) is 5.91 Å². The van der Waals surface area contributed by atoms with E-state index < -0.39 is 0 Å². The molecule has 1 aliphatic heterocycles. The Bertz CT molecular complexity index is 1200. The topological polar surface area (TPSA) is 63.6 Å². The Hall–Kier alpha value is -3.54. The number of oxime groups is 1. The first kappa shape index (κ1) is 21.7. The molecule has 0 bridgehead atoms. The highest BCUT2D eigenvalue weighted by Crippen LogP contribution is 2.32. The second-order valence-electron chi connectivity index (χ2n) is 8.45. The summed E-state index contributed by atoms with van der Waals surface area (Å²) in [5, 5.41) is 7.20. The van der Waals surface area contributed by atoms with Crippen molar-refractivity contribution in [1.29, 1.82) is 0 Å². The summed E-state index contributed by atoms with van der Waals surface area (Å²) >= 11 is 0. The number of benzene rings is 2. The van der Waals surface area contributed by atoms with E-state index in [-0.39, 0.29) is 23.9 Å². The number of aryl methyl sites for hydroxylation is 2. The number of carbonyl (C=O) groups excluding carboxylic acids is 1. The van der Waals surface area contributed by atoms with Gasteiger partial charge in [0, 0.05) is 35.3 Å². The van der Waals surface area contributed by atoms with Crippen LogP contribution in [0.15, 0.2) is 59.9 Å². The first-order valence-electron chi connectivity index (χ1n) is 10.7. The molecule has 0 radical (unpaired) electrons. The molecule has 32 heavy (non-hydrogen) atoms. The van der Waals surface area contributed by atoms with Crippen LogP contribution in [0.2, 0.25) is 0 Å². The van der Waals surface area contributed by atoms with Crippen LogP contribution in [0.3, 0.4) is 0 Å². The molecular weight excluding hydrogens is 405 g/mol. The molecular formula is C26H26FN3O2. The number of rotatable bonds is 5. The van der Waals surface area contributed by atoms with Crippen LogP contribution in [-0.2, 0) is 4.84 Å². The van der Waals surface area contributed by atoms with E-state index >= 15 is 0 Å². The number of hydrogen-bond donors (Lipinski definition) is 1. The van der Waals surface area contributed by atoms with Gasteiger partial charge >= 0.3 is 0 Å². The van der Waals surface area contributed by atoms with Gasteiger partial charge in [-0.25, -0.2) is 4.39 Å². The SMILES string of the molecule is Cc1ccc(-c2cc(C(=O)NC(C)C)cc(C3=NOC(c4ncccc4C)C3)c2)c(F)c1. The molecule has 1 aromatic heterocycles. The number of carbonyl (C=O) groups is 1. The molecule has 1 unspecified atom stereocenters. The molecule has 1 N–H and O–H groups in total. The number of amides is 1. The van der Waals surface area contributed by atoms with Gasteiger partial charge in [-0.3, -0.25) is 9.78 Å². The molecule has 6 heteroatoms. The van der Waals surface area contributed by atoms with Crippen LogP contribution < -0.4 is 5.32 Å². The monoisotopic (exact) mass is 431 g/mol. The van der Waals surface area contributed by atoms with Crippen LogP contribution in [0.25, 0.3) is 11.1 Å². The largest absolute Gasteiger partial charge is 0.385 e. The Balaban J connectivity index is 1.73. The van der Waals surface area contributed by atoms with Gasteiger partial charge in [-0.1, -0.05) is 23.4 Å². The minimum absolute atomic E-state index is 0.0191. The van der Waals surface area contributed by atoms with Gasteiger partial charge in [-0.05, 0) is 74.7 Å². The Morgan fingerprint density at radius 2 is 1.91 bits per heavy atom. The van der Waals surface area contributed by atoms with Gasteiger partial charge in [0.2, 0.25) is 0 Å². The van der Waals surface area contributed by atoms with Crippen molar-refractivity contribution in [3.05, 3.63) is 88.5 Å². The summed E-state index contributed by atoms with van der Waals surface area (Å²) in [5.74, 6) is -0.545. The van der Waals surface area contributed by atoms with Crippen molar-refractivity contribution in [2.24, 2.45) is 5.16 Å². The molecule has 1 atom stereocenters. The zero-order chi connectivity index (χ0) is 22.8. The molecule has 0 saturated heterocycles. The lowest BCUT2D eigenvalue weighted by molar-refractivity contribution is 0.0821. The average molecular weight is 432 g/mol. The zero-order valence-electron chi connectivity index (χ0n) is 18.6. The van der Waals surface area contributed by atoms with E-state index in [1.807, 2.05) is 52.0 Å². The fourth-order valence-electron chi connectivity index (χ4n) is 3.81. The Kier molecular flexibility index (Phi) is 6.04. The minimum atomic E-state index is -0.330. The van der Waals surface area contributed by atoms with Crippen LogP contribution in [-0.4, -0.2) is 22.6 Å². The maximum absolute atomic E-state index is 14.8. The lowest BCUT2D eigenvalue weighted by Gasteiger charge is -2.13. The zero-order valence-corrected chi connectivity index (χ0v) is 18.6. The number of pyridine rings is 1. The number of hydrogen-bond acceptors (Lipinski definition) is 4. The third-order valence-corrected chi connectivity index (χ3v) is 5.41. The number of nitrogens with one attached hydrogen (secondary N) is 1. The predicted molar refractivity (Wildman–Crippen MR) is 123 cm³/mol. The lowest BCUT2D eigenvalue weighted by Crippen LogP contribution is -2.30. The highest BCUT2D eigenvalue weighted by Gasteiger charge is 2.27. The Morgan fingerprint density at radius 1 is 1.12 bits per heavy atom. The summed E-state index contributed by atoms with van der Waals surface area (Å²) in [5.41, 5.74) is 5.64. The maximum atomic E-state index is 14.8. The molecule has 3 aromatic rings. The molecule has 4 rings (SSSR count). The van der Waals surface area contributed by atoms with E-state index in [0.29, 0.717) is 28.8 Å². The second-order valence-corrected chi connectivity index (χ2v) is 8.45. The van der Waals surface area contributed by atoms with E-state index in [1.165, 1.54) is 6.07 Å². The smallest absolute Gasteiger partial charge is 0.251 e. The van der Waals surface area contributed by atoms with Crippen molar-refractivity contribution in [3.8, 4) is 11.1 Å².